The number of nitrogens with zero attached hydrogens (tertiary/aromatic N) is 1. The zero-order valence-corrected chi connectivity index (χ0v) is 7.26. The minimum Gasteiger partial charge on any atom is -0.385 e. The average Bonchev–Trinajstić information content (AvgIpc) is 2.04. The summed E-state index contributed by atoms with van der Waals surface area (Å²) >= 11 is 0. The van der Waals surface area contributed by atoms with Crippen molar-refractivity contribution in [3.8, 4) is 0 Å². The highest BCUT2D eigenvalue weighted by molar-refractivity contribution is 5.77. The lowest BCUT2D eigenvalue weighted by atomic mass is 10.3. The summed E-state index contributed by atoms with van der Waals surface area (Å²) in [7, 11) is 3.37. The number of rotatable bonds is 5. The van der Waals surface area contributed by atoms with E-state index in [1.807, 2.05) is 0 Å². The highest BCUT2D eigenvalue weighted by atomic mass is 16.5. The standard InChI is InChI=1S/C7H17N3O/c1-9-7(8)10-5-3-4-6-11-2/h3-6H2,1-2H3,(H3,8,9,10). The molecule has 0 saturated carbocycles. The number of unbranched alkanes of at least 4 members (excludes halogenated alkanes) is 1. The van der Waals surface area contributed by atoms with Gasteiger partial charge in [0.2, 0.25) is 0 Å². The van der Waals surface area contributed by atoms with Crippen LogP contribution in [0.15, 0.2) is 4.99 Å². The van der Waals surface area contributed by atoms with Gasteiger partial charge in [0, 0.05) is 27.3 Å². The molecule has 0 aliphatic rings. The summed E-state index contributed by atoms with van der Waals surface area (Å²) in [5, 5.41) is 2.96. The van der Waals surface area contributed by atoms with E-state index >= 15 is 0 Å². The molecule has 4 heteroatoms. The lowest BCUT2D eigenvalue weighted by Gasteiger charge is -2.03. The van der Waals surface area contributed by atoms with Gasteiger partial charge in [0.1, 0.15) is 0 Å². The molecule has 0 aliphatic carbocycles. The summed E-state index contributed by atoms with van der Waals surface area (Å²) < 4.78 is 4.89. The van der Waals surface area contributed by atoms with Gasteiger partial charge < -0.3 is 15.8 Å². The molecule has 0 spiro atoms. The number of nitrogens with two attached hydrogens (primary N) is 1. The molecular formula is C7H17N3O. The molecule has 0 saturated heterocycles. The molecule has 0 radical (unpaired) electrons. The lowest BCUT2D eigenvalue weighted by molar-refractivity contribution is 0.193. The Bertz CT molecular complexity index is 114. The van der Waals surface area contributed by atoms with E-state index in [-0.39, 0.29) is 0 Å². The van der Waals surface area contributed by atoms with E-state index in [1.165, 1.54) is 0 Å². The van der Waals surface area contributed by atoms with Crippen LogP contribution in [0.3, 0.4) is 0 Å². The van der Waals surface area contributed by atoms with Gasteiger partial charge in [0.15, 0.2) is 5.96 Å². The average molecular weight is 159 g/mol. The van der Waals surface area contributed by atoms with Crippen molar-refractivity contribution in [2.24, 2.45) is 10.7 Å². The normalized spacial score (nSPS) is 11.6. The van der Waals surface area contributed by atoms with E-state index in [4.69, 9.17) is 10.5 Å². The molecule has 0 unspecified atom stereocenters. The Morgan fingerprint density at radius 3 is 2.82 bits per heavy atom. The van der Waals surface area contributed by atoms with Crippen molar-refractivity contribution < 1.29 is 4.74 Å². The first kappa shape index (κ1) is 10.2. The topological polar surface area (TPSA) is 59.6 Å². The molecule has 0 atom stereocenters. The second-order valence-corrected chi connectivity index (χ2v) is 2.24. The molecule has 0 aromatic heterocycles. The second-order valence-electron chi connectivity index (χ2n) is 2.24. The molecule has 0 heterocycles. The van der Waals surface area contributed by atoms with Gasteiger partial charge in [-0.25, -0.2) is 0 Å². The van der Waals surface area contributed by atoms with Gasteiger partial charge in [0.25, 0.3) is 0 Å². The Hall–Kier alpha value is -0.770. The number of ether oxygens (including phenoxy) is 1. The first-order valence-corrected chi connectivity index (χ1v) is 3.76. The van der Waals surface area contributed by atoms with Crippen molar-refractivity contribution in [2.75, 3.05) is 27.3 Å². The number of hydrogen-bond acceptors (Lipinski definition) is 2. The first-order chi connectivity index (χ1) is 5.31. The van der Waals surface area contributed by atoms with Crippen LogP contribution in [0.25, 0.3) is 0 Å². The maximum absolute atomic E-state index is 5.40. The Kier molecular flexibility index (Phi) is 6.82. The van der Waals surface area contributed by atoms with Crippen LogP contribution in [0.4, 0.5) is 0 Å². The SMILES string of the molecule is CN=C(N)NCCCCOC. The molecule has 0 bridgehead atoms. The van der Waals surface area contributed by atoms with Gasteiger partial charge in [0.05, 0.1) is 0 Å². The summed E-state index contributed by atoms with van der Waals surface area (Å²) in [4.78, 5) is 3.76. The van der Waals surface area contributed by atoms with Crippen LogP contribution < -0.4 is 11.1 Å². The zero-order valence-electron chi connectivity index (χ0n) is 7.26. The molecule has 0 aliphatic heterocycles. The van der Waals surface area contributed by atoms with Crippen LogP contribution in [-0.4, -0.2) is 33.3 Å². The fourth-order valence-corrected chi connectivity index (χ4v) is 0.667. The predicted molar refractivity (Wildman–Crippen MR) is 46.7 cm³/mol. The van der Waals surface area contributed by atoms with Gasteiger partial charge in [-0.2, -0.15) is 0 Å². The highest BCUT2D eigenvalue weighted by Crippen LogP contribution is 1.85. The van der Waals surface area contributed by atoms with E-state index in [0.717, 1.165) is 26.0 Å². The maximum Gasteiger partial charge on any atom is 0.188 e. The highest BCUT2D eigenvalue weighted by Gasteiger charge is 1.88. The molecular weight excluding hydrogens is 142 g/mol. The van der Waals surface area contributed by atoms with Crippen molar-refractivity contribution in [1.29, 1.82) is 0 Å². The third-order valence-electron chi connectivity index (χ3n) is 1.32. The Morgan fingerprint density at radius 1 is 1.55 bits per heavy atom. The Labute approximate surface area is 67.8 Å². The summed E-state index contributed by atoms with van der Waals surface area (Å²) in [6.07, 6.45) is 2.12. The molecule has 4 nitrogen and oxygen atoms in total. The third-order valence-corrected chi connectivity index (χ3v) is 1.32. The first-order valence-electron chi connectivity index (χ1n) is 3.76. The van der Waals surface area contributed by atoms with E-state index in [9.17, 15) is 0 Å². The van der Waals surface area contributed by atoms with Crippen LogP contribution >= 0.6 is 0 Å². The predicted octanol–water partition coefficient (Wildman–Crippen LogP) is -0.0529. The van der Waals surface area contributed by atoms with Gasteiger partial charge in [-0.3, -0.25) is 4.99 Å². The molecule has 66 valence electrons. The summed E-state index contributed by atoms with van der Waals surface area (Å²) in [5.74, 6) is 0.502. The van der Waals surface area contributed by atoms with E-state index < -0.39 is 0 Å². The molecule has 3 N–H and O–H groups in total. The van der Waals surface area contributed by atoms with Crippen molar-refractivity contribution in [1.82, 2.24) is 5.32 Å². The number of hydrogen-bond donors (Lipinski definition) is 2. The number of methoxy groups -OCH3 is 1. The van der Waals surface area contributed by atoms with Gasteiger partial charge >= 0.3 is 0 Å². The van der Waals surface area contributed by atoms with Crippen LogP contribution in [0.2, 0.25) is 0 Å². The smallest absolute Gasteiger partial charge is 0.188 e. The third kappa shape index (κ3) is 7.12. The van der Waals surface area contributed by atoms with Gasteiger partial charge in [-0.05, 0) is 12.8 Å². The molecule has 11 heavy (non-hydrogen) atoms. The second kappa shape index (κ2) is 7.34. The Morgan fingerprint density at radius 2 is 2.27 bits per heavy atom. The van der Waals surface area contributed by atoms with E-state index in [1.54, 1.807) is 14.2 Å². The summed E-state index contributed by atoms with van der Waals surface area (Å²) in [6.45, 7) is 1.68. The van der Waals surface area contributed by atoms with Crippen molar-refractivity contribution in [3.05, 3.63) is 0 Å². The lowest BCUT2D eigenvalue weighted by Crippen LogP contribution is -2.32. The molecule has 0 rings (SSSR count). The van der Waals surface area contributed by atoms with Crippen LogP contribution in [0.5, 0.6) is 0 Å². The minimum absolute atomic E-state index is 0.502. The fraction of sp³-hybridized carbons (Fsp3) is 0.857. The molecule has 0 aromatic rings. The van der Waals surface area contributed by atoms with Crippen molar-refractivity contribution in [3.63, 3.8) is 0 Å². The molecule has 0 aromatic carbocycles. The molecule has 0 amide bonds. The minimum atomic E-state index is 0.502. The van der Waals surface area contributed by atoms with Gasteiger partial charge in [-0.1, -0.05) is 0 Å². The summed E-state index contributed by atoms with van der Waals surface area (Å²) in [5.41, 5.74) is 5.40. The van der Waals surface area contributed by atoms with Gasteiger partial charge in [-0.15, -0.1) is 0 Å². The van der Waals surface area contributed by atoms with E-state index in [2.05, 4.69) is 10.3 Å². The number of guanidine groups is 1. The zero-order chi connectivity index (χ0) is 8.53. The summed E-state index contributed by atoms with van der Waals surface area (Å²) in [6, 6.07) is 0. The largest absolute Gasteiger partial charge is 0.385 e. The fourth-order valence-electron chi connectivity index (χ4n) is 0.667. The van der Waals surface area contributed by atoms with Crippen LogP contribution in [0, 0.1) is 0 Å². The van der Waals surface area contributed by atoms with Crippen molar-refractivity contribution in [2.45, 2.75) is 12.8 Å². The maximum atomic E-state index is 5.40. The quantitative estimate of drug-likeness (QED) is 0.336. The number of nitrogens with one attached hydrogen (secondary N) is 1. The Balaban J connectivity index is 3.02. The monoisotopic (exact) mass is 159 g/mol. The van der Waals surface area contributed by atoms with E-state index in [0.29, 0.717) is 5.96 Å². The van der Waals surface area contributed by atoms with Crippen LogP contribution in [0.1, 0.15) is 12.8 Å². The number of aliphatic imine (C=N–C) groups is 1. The van der Waals surface area contributed by atoms with Crippen molar-refractivity contribution >= 4 is 5.96 Å². The molecule has 0 fully saturated rings. The van der Waals surface area contributed by atoms with Crippen LogP contribution in [-0.2, 0) is 4.74 Å².